The fourth-order valence-electron chi connectivity index (χ4n) is 3.27. The number of carbonyl (C=O) groups is 1. The van der Waals surface area contributed by atoms with Gasteiger partial charge < -0.3 is 10.2 Å². The average Bonchev–Trinajstić information content (AvgIpc) is 2.67. The Morgan fingerprint density at radius 3 is 2.34 bits per heavy atom. The third kappa shape index (κ3) is 5.97. The van der Waals surface area contributed by atoms with Crippen molar-refractivity contribution >= 4 is 27.3 Å². The number of aryl methyl sites for hydroxylation is 2. The highest BCUT2D eigenvalue weighted by atomic mass is 32.2. The van der Waals surface area contributed by atoms with Gasteiger partial charge in [-0.15, -0.1) is 0 Å². The maximum Gasteiger partial charge on any atom is 0.243 e. The zero-order valence-electron chi connectivity index (χ0n) is 17.8. The molecule has 0 fully saturated rings. The molecule has 0 unspecified atom stereocenters. The molecule has 7 heteroatoms. The number of carbonyl (C=O) groups excluding carboxylic acids is 1. The van der Waals surface area contributed by atoms with E-state index < -0.39 is 16.1 Å². The Labute approximate surface area is 174 Å². The van der Waals surface area contributed by atoms with Crippen LogP contribution in [0.3, 0.4) is 0 Å². The predicted molar refractivity (Wildman–Crippen MR) is 120 cm³/mol. The van der Waals surface area contributed by atoms with Gasteiger partial charge in [-0.3, -0.25) is 9.10 Å². The maximum atomic E-state index is 12.9. The van der Waals surface area contributed by atoms with Crippen molar-refractivity contribution in [2.24, 2.45) is 0 Å². The lowest BCUT2D eigenvalue weighted by atomic mass is 10.1. The molecule has 1 N–H and O–H groups in total. The predicted octanol–water partition coefficient (Wildman–Crippen LogP) is 3.10. The van der Waals surface area contributed by atoms with Crippen molar-refractivity contribution in [2.75, 3.05) is 35.6 Å². The number of hydrogen-bond donors (Lipinski definition) is 1. The summed E-state index contributed by atoms with van der Waals surface area (Å²) in [6.45, 7) is 6.62. The van der Waals surface area contributed by atoms with Gasteiger partial charge in [0, 0.05) is 25.8 Å². The fraction of sp³-hybridized carbons (Fsp3) is 0.409. The van der Waals surface area contributed by atoms with Gasteiger partial charge in [-0.2, -0.15) is 0 Å². The number of amides is 1. The lowest BCUT2D eigenvalue weighted by Gasteiger charge is -2.31. The largest absolute Gasteiger partial charge is 0.373 e. The van der Waals surface area contributed by atoms with Crippen LogP contribution in [0.25, 0.3) is 0 Å². The van der Waals surface area contributed by atoms with Crippen LogP contribution in [0.15, 0.2) is 48.5 Å². The number of benzene rings is 2. The standard InChI is InChI=1S/C22H31N3O3S/c1-6-20(22(26)23-14-15-24(4)19-10-8-7-9-11-19)25(29(5,27)28)21-16-17(2)12-13-18(21)3/h7-13,16,20H,6,14-15H2,1-5H3,(H,23,26)/t20-/m1/s1. The number of hydrogen-bond acceptors (Lipinski definition) is 4. The summed E-state index contributed by atoms with van der Waals surface area (Å²) in [6.07, 6.45) is 1.52. The van der Waals surface area contributed by atoms with Crippen molar-refractivity contribution in [1.82, 2.24) is 5.32 Å². The highest BCUT2D eigenvalue weighted by Crippen LogP contribution is 2.27. The van der Waals surface area contributed by atoms with E-state index in [2.05, 4.69) is 5.32 Å². The van der Waals surface area contributed by atoms with Gasteiger partial charge >= 0.3 is 0 Å². The van der Waals surface area contributed by atoms with Crippen molar-refractivity contribution in [1.29, 1.82) is 0 Å². The zero-order chi connectivity index (χ0) is 21.6. The van der Waals surface area contributed by atoms with E-state index in [1.807, 2.05) is 81.2 Å². The van der Waals surface area contributed by atoms with E-state index in [-0.39, 0.29) is 5.91 Å². The molecule has 0 aliphatic carbocycles. The van der Waals surface area contributed by atoms with Crippen LogP contribution < -0.4 is 14.5 Å². The molecule has 0 saturated heterocycles. The van der Waals surface area contributed by atoms with E-state index >= 15 is 0 Å². The molecular weight excluding hydrogens is 386 g/mol. The van der Waals surface area contributed by atoms with Crippen LogP contribution in [0.4, 0.5) is 11.4 Å². The summed E-state index contributed by atoms with van der Waals surface area (Å²) >= 11 is 0. The molecule has 2 aromatic carbocycles. The van der Waals surface area contributed by atoms with Crippen LogP contribution >= 0.6 is 0 Å². The summed E-state index contributed by atoms with van der Waals surface area (Å²) in [7, 11) is -1.68. The second-order valence-electron chi connectivity index (χ2n) is 7.32. The van der Waals surface area contributed by atoms with Crippen molar-refractivity contribution in [2.45, 2.75) is 33.2 Å². The van der Waals surface area contributed by atoms with Gasteiger partial charge in [0.25, 0.3) is 0 Å². The number of nitrogens with zero attached hydrogens (tertiary/aromatic N) is 2. The first kappa shape index (κ1) is 22.7. The van der Waals surface area contributed by atoms with Crippen LogP contribution in [0, 0.1) is 13.8 Å². The molecule has 29 heavy (non-hydrogen) atoms. The van der Waals surface area contributed by atoms with Crippen LogP contribution in [0.5, 0.6) is 0 Å². The summed E-state index contributed by atoms with van der Waals surface area (Å²) in [4.78, 5) is 15.0. The third-order valence-electron chi connectivity index (χ3n) is 4.88. The fourth-order valence-corrected chi connectivity index (χ4v) is 4.53. The van der Waals surface area contributed by atoms with E-state index in [1.165, 1.54) is 4.31 Å². The molecule has 0 spiro atoms. The Bertz CT molecular complexity index is 930. The Morgan fingerprint density at radius 1 is 1.10 bits per heavy atom. The molecule has 158 valence electrons. The monoisotopic (exact) mass is 417 g/mol. The Kier molecular flexibility index (Phi) is 7.67. The van der Waals surface area contributed by atoms with Crippen LogP contribution in [-0.4, -0.2) is 46.8 Å². The van der Waals surface area contributed by atoms with E-state index in [0.717, 1.165) is 23.1 Å². The van der Waals surface area contributed by atoms with Gasteiger partial charge in [0.05, 0.1) is 11.9 Å². The highest BCUT2D eigenvalue weighted by Gasteiger charge is 2.32. The van der Waals surface area contributed by atoms with Crippen molar-refractivity contribution in [3.05, 3.63) is 59.7 Å². The molecule has 6 nitrogen and oxygen atoms in total. The topological polar surface area (TPSA) is 69.7 Å². The molecule has 1 atom stereocenters. The summed E-state index contributed by atoms with van der Waals surface area (Å²) in [5, 5.41) is 2.90. The first-order chi connectivity index (χ1) is 13.6. The van der Waals surface area contributed by atoms with Gasteiger partial charge in [-0.1, -0.05) is 37.3 Å². The summed E-state index contributed by atoms with van der Waals surface area (Å²) in [6, 6.07) is 14.7. The molecule has 2 aromatic rings. The minimum atomic E-state index is -3.64. The first-order valence-corrected chi connectivity index (χ1v) is 11.6. The van der Waals surface area contributed by atoms with E-state index in [1.54, 1.807) is 0 Å². The van der Waals surface area contributed by atoms with E-state index in [9.17, 15) is 13.2 Å². The normalized spacial score (nSPS) is 12.3. The second-order valence-corrected chi connectivity index (χ2v) is 9.18. The molecule has 0 bridgehead atoms. The van der Waals surface area contributed by atoms with E-state index in [0.29, 0.717) is 25.2 Å². The zero-order valence-corrected chi connectivity index (χ0v) is 18.7. The Balaban J connectivity index is 2.15. The second kappa shape index (κ2) is 9.78. The molecular formula is C22H31N3O3S. The Morgan fingerprint density at radius 2 is 1.76 bits per heavy atom. The van der Waals surface area contributed by atoms with Crippen LogP contribution in [0.1, 0.15) is 24.5 Å². The van der Waals surface area contributed by atoms with Crippen molar-refractivity contribution in [3.8, 4) is 0 Å². The molecule has 1 amide bonds. The molecule has 0 aliphatic heterocycles. The SMILES string of the molecule is CC[C@H](C(=O)NCCN(C)c1ccccc1)N(c1cc(C)ccc1C)S(C)(=O)=O. The minimum absolute atomic E-state index is 0.291. The smallest absolute Gasteiger partial charge is 0.243 e. The first-order valence-electron chi connectivity index (χ1n) is 9.75. The number of rotatable bonds is 9. The maximum absolute atomic E-state index is 12.9. The summed E-state index contributed by atoms with van der Waals surface area (Å²) < 4.78 is 26.5. The van der Waals surface area contributed by atoms with Crippen LogP contribution in [0.2, 0.25) is 0 Å². The number of sulfonamides is 1. The Hall–Kier alpha value is -2.54. The minimum Gasteiger partial charge on any atom is -0.373 e. The van der Waals surface area contributed by atoms with Gasteiger partial charge in [0.1, 0.15) is 6.04 Å². The van der Waals surface area contributed by atoms with Gasteiger partial charge in [-0.05, 0) is 49.6 Å². The van der Waals surface area contributed by atoms with Gasteiger partial charge in [0.2, 0.25) is 15.9 Å². The quantitative estimate of drug-likeness (QED) is 0.681. The van der Waals surface area contributed by atoms with Crippen LogP contribution in [-0.2, 0) is 14.8 Å². The van der Waals surface area contributed by atoms with Crippen molar-refractivity contribution < 1.29 is 13.2 Å². The molecule has 0 saturated carbocycles. The number of likely N-dealkylation sites (N-methyl/N-ethyl adjacent to an activating group) is 1. The number of anilines is 2. The summed E-state index contributed by atoms with van der Waals surface area (Å²) in [5.41, 5.74) is 3.37. The highest BCUT2D eigenvalue weighted by molar-refractivity contribution is 7.92. The molecule has 2 rings (SSSR count). The molecule has 0 heterocycles. The average molecular weight is 418 g/mol. The molecule has 0 radical (unpaired) electrons. The number of para-hydroxylation sites is 1. The lowest BCUT2D eigenvalue weighted by molar-refractivity contribution is -0.122. The number of nitrogens with one attached hydrogen (secondary N) is 1. The lowest BCUT2D eigenvalue weighted by Crippen LogP contribution is -2.50. The van der Waals surface area contributed by atoms with Gasteiger partial charge in [0.15, 0.2) is 0 Å². The molecule has 0 aromatic heterocycles. The van der Waals surface area contributed by atoms with Gasteiger partial charge in [-0.25, -0.2) is 8.42 Å². The third-order valence-corrected chi connectivity index (χ3v) is 6.04. The van der Waals surface area contributed by atoms with Crippen molar-refractivity contribution in [3.63, 3.8) is 0 Å². The van der Waals surface area contributed by atoms with E-state index in [4.69, 9.17) is 0 Å². The molecule has 0 aliphatic rings. The summed E-state index contributed by atoms with van der Waals surface area (Å²) in [5.74, 6) is -0.291.